The summed E-state index contributed by atoms with van der Waals surface area (Å²) in [5.41, 5.74) is 9.47. The first kappa shape index (κ1) is 31.6. The second-order valence-electron chi connectivity index (χ2n) is 10.9. The van der Waals surface area contributed by atoms with Crippen molar-refractivity contribution in [3.8, 4) is 10.4 Å². The summed E-state index contributed by atoms with van der Waals surface area (Å²) in [7, 11) is 0. The number of hydrogen-bond acceptors (Lipinski definition) is 9. The molecule has 3 amide bonds. The molecular formula is C28H41N5O6S. The standard InChI is InChI=1S/C28H41N5O6S/c1-18-24(40-17-31-18)20-7-5-19(6-8-20)14-30-26(36)22-13-21(34)15-33(22)27(37)25(28(2,3)4)32-23(35)16-39-12-11-38-10-9-29/h5-8,17,21-22,25,34H,9-16,29H2,1-4H3,(H,30,36)(H,32,35)/t21-,22+,25+/m1/s1. The van der Waals surface area contributed by atoms with Gasteiger partial charge in [-0.15, -0.1) is 11.3 Å². The Morgan fingerprint density at radius 1 is 1.18 bits per heavy atom. The van der Waals surface area contributed by atoms with E-state index in [0.717, 1.165) is 21.7 Å². The third-order valence-electron chi connectivity index (χ3n) is 6.58. The highest BCUT2D eigenvalue weighted by atomic mass is 32.1. The maximum absolute atomic E-state index is 13.6. The van der Waals surface area contributed by atoms with Crippen molar-refractivity contribution in [2.45, 2.75) is 58.8 Å². The Bertz CT molecular complexity index is 1130. The molecule has 0 radical (unpaired) electrons. The molecule has 0 unspecified atom stereocenters. The Kier molecular flexibility index (Phi) is 11.6. The molecule has 0 spiro atoms. The van der Waals surface area contributed by atoms with E-state index >= 15 is 0 Å². The molecule has 1 aliphatic rings. The first-order valence-corrected chi connectivity index (χ1v) is 14.3. The lowest BCUT2D eigenvalue weighted by molar-refractivity contribution is -0.144. The zero-order valence-electron chi connectivity index (χ0n) is 23.6. The van der Waals surface area contributed by atoms with Gasteiger partial charge in [0, 0.05) is 26.1 Å². The normalized spacial score (nSPS) is 18.0. The Morgan fingerprint density at radius 3 is 2.50 bits per heavy atom. The second kappa shape index (κ2) is 14.6. The molecule has 0 bridgehead atoms. The average Bonchev–Trinajstić information content (AvgIpc) is 3.52. The molecule has 0 aliphatic carbocycles. The predicted octanol–water partition coefficient (Wildman–Crippen LogP) is 1.22. The quantitative estimate of drug-likeness (QED) is 0.260. The van der Waals surface area contributed by atoms with Crippen LogP contribution in [0.15, 0.2) is 29.8 Å². The molecule has 1 fully saturated rings. The highest BCUT2D eigenvalue weighted by molar-refractivity contribution is 7.13. The Hall–Kier alpha value is -2.90. The minimum Gasteiger partial charge on any atom is -0.391 e. The van der Waals surface area contributed by atoms with Crippen LogP contribution < -0.4 is 16.4 Å². The fourth-order valence-electron chi connectivity index (χ4n) is 4.45. The number of likely N-dealkylation sites (tertiary alicyclic amines) is 1. The number of nitrogens with zero attached hydrogens (tertiary/aromatic N) is 2. The Morgan fingerprint density at radius 2 is 1.88 bits per heavy atom. The fraction of sp³-hybridized carbons (Fsp3) is 0.571. The van der Waals surface area contributed by atoms with Gasteiger partial charge in [0.05, 0.1) is 42.0 Å². The van der Waals surface area contributed by atoms with Crippen molar-refractivity contribution >= 4 is 29.1 Å². The van der Waals surface area contributed by atoms with E-state index in [0.29, 0.717) is 19.8 Å². The molecule has 2 aromatic rings. The monoisotopic (exact) mass is 575 g/mol. The van der Waals surface area contributed by atoms with Gasteiger partial charge in [0.25, 0.3) is 0 Å². The lowest BCUT2D eigenvalue weighted by Crippen LogP contribution is -2.58. The molecule has 1 aromatic carbocycles. The van der Waals surface area contributed by atoms with Gasteiger partial charge in [-0.25, -0.2) is 4.98 Å². The van der Waals surface area contributed by atoms with E-state index in [1.165, 1.54) is 4.90 Å². The molecule has 1 aliphatic heterocycles. The second-order valence-corrected chi connectivity index (χ2v) is 11.8. The van der Waals surface area contributed by atoms with Crippen LogP contribution in [-0.4, -0.2) is 90.4 Å². The van der Waals surface area contributed by atoms with Gasteiger partial charge in [0.1, 0.15) is 18.7 Å². The summed E-state index contributed by atoms with van der Waals surface area (Å²) in [5, 5.41) is 16.0. The fourth-order valence-corrected chi connectivity index (χ4v) is 5.26. The largest absolute Gasteiger partial charge is 0.391 e. The summed E-state index contributed by atoms with van der Waals surface area (Å²) in [5.74, 6) is -1.23. The highest BCUT2D eigenvalue weighted by Gasteiger charge is 2.44. The molecule has 3 rings (SSSR count). The van der Waals surface area contributed by atoms with E-state index in [9.17, 15) is 19.5 Å². The number of nitrogens with one attached hydrogen (secondary N) is 2. The maximum atomic E-state index is 13.6. The Balaban J connectivity index is 1.59. The van der Waals surface area contributed by atoms with Crippen molar-refractivity contribution in [2.24, 2.45) is 11.1 Å². The van der Waals surface area contributed by atoms with Gasteiger partial charge >= 0.3 is 0 Å². The van der Waals surface area contributed by atoms with Crippen LogP contribution in [-0.2, 0) is 30.4 Å². The van der Waals surface area contributed by atoms with Crippen LogP contribution in [0.3, 0.4) is 0 Å². The smallest absolute Gasteiger partial charge is 0.246 e. The average molecular weight is 576 g/mol. The number of aliphatic hydroxyl groups is 1. The summed E-state index contributed by atoms with van der Waals surface area (Å²) in [6.45, 7) is 8.85. The number of hydrogen-bond donors (Lipinski definition) is 4. The van der Waals surface area contributed by atoms with E-state index in [4.69, 9.17) is 15.2 Å². The lowest BCUT2D eigenvalue weighted by atomic mass is 9.85. The summed E-state index contributed by atoms with van der Waals surface area (Å²) < 4.78 is 10.6. The van der Waals surface area contributed by atoms with Crippen LogP contribution in [0.2, 0.25) is 0 Å². The highest BCUT2D eigenvalue weighted by Crippen LogP contribution is 2.28. The Labute approximate surface area is 239 Å². The number of carbonyl (C=O) groups excluding carboxylic acids is 3. The molecule has 5 N–H and O–H groups in total. The molecule has 12 heteroatoms. The summed E-state index contributed by atoms with van der Waals surface area (Å²) in [6, 6.07) is 6.10. The molecular weight excluding hydrogens is 534 g/mol. The number of nitrogens with two attached hydrogens (primary N) is 1. The minimum atomic E-state index is -0.916. The van der Waals surface area contributed by atoms with Crippen LogP contribution in [0.1, 0.15) is 38.4 Å². The number of thiazole rings is 1. The van der Waals surface area contributed by atoms with Gasteiger partial charge in [-0.2, -0.15) is 0 Å². The van der Waals surface area contributed by atoms with Gasteiger partial charge in [-0.05, 0) is 23.5 Å². The van der Waals surface area contributed by atoms with Crippen molar-refractivity contribution in [2.75, 3.05) is 39.5 Å². The number of rotatable bonds is 13. The topological polar surface area (TPSA) is 156 Å². The van der Waals surface area contributed by atoms with E-state index in [1.54, 1.807) is 11.3 Å². The van der Waals surface area contributed by atoms with Crippen LogP contribution in [0.5, 0.6) is 0 Å². The van der Waals surface area contributed by atoms with Gasteiger partial charge in [0.15, 0.2) is 0 Å². The molecule has 1 saturated heterocycles. The third-order valence-corrected chi connectivity index (χ3v) is 7.56. The SMILES string of the molecule is Cc1ncsc1-c1ccc(CNC(=O)[C@@H]2C[C@@H](O)CN2C(=O)[C@H](NC(=O)COCCOCCN)C(C)(C)C)cc1. The van der Waals surface area contributed by atoms with Crippen molar-refractivity contribution in [3.63, 3.8) is 0 Å². The molecule has 11 nitrogen and oxygen atoms in total. The van der Waals surface area contributed by atoms with E-state index in [2.05, 4.69) is 15.6 Å². The van der Waals surface area contributed by atoms with Crippen LogP contribution in [0.25, 0.3) is 10.4 Å². The van der Waals surface area contributed by atoms with Crippen molar-refractivity contribution < 1.29 is 29.0 Å². The zero-order valence-corrected chi connectivity index (χ0v) is 24.5. The van der Waals surface area contributed by atoms with Crippen molar-refractivity contribution in [1.82, 2.24) is 20.5 Å². The number of aromatic nitrogens is 1. The first-order valence-electron chi connectivity index (χ1n) is 13.4. The minimum absolute atomic E-state index is 0.0112. The molecule has 220 valence electrons. The summed E-state index contributed by atoms with van der Waals surface area (Å²) in [6.07, 6.45) is -0.715. The van der Waals surface area contributed by atoms with Gasteiger partial charge in [-0.1, -0.05) is 45.0 Å². The number of benzene rings is 1. The molecule has 1 aromatic heterocycles. The zero-order chi connectivity index (χ0) is 29.3. The molecule has 0 saturated carbocycles. The van der Waals surface area contributed by atoms with E-state index in [1.807, 2.05) is 57.5 Å². The third kappa shape index (κ3) is 8.80. The molecule has 3 atom stereocenters. The van der Waals surface area contributed by atoms with Crippen LogP contribution >= 0.6 is 11.3 Å². The lowest BCUT2D eigenvalue weighted by Gasteiger charge is -2.35. The number of carbonyl (C=O) groups is 3. The van der Waals surface area contributed by atoms with Gasteiger partial charge in [-0.3, -0.25) is 14.4 Å². The summed E-state index contributed by atoms with van der Waals surface area (Å²) >= 11 is 1.58. The van der Waals surface area contributed by atoms with Gasteiger partial charge < -0.3 is 35.8 Å². The number of aryl methyl sites for hydroxylation is 1. The van der Waals surface area contributed by atoms with E-state index in [-0.39, 0.29) is 38.6 Å². The number of amides is 3. The van der Waals surface area contributed by atoms with Crippen LogP contribution in [0, 0.1) is 12.3 Å². The first-order chi connectivity index (χ1) is 19.0. The summed E-state index contributed by atoms with van der Waals surface area (Å²) in [4.78, 5) is 46.1. The van der Waals surface area contributed by atoms with Gasteiger partial charge in [0.2, 0.25) is 17.7 Å². The van der Waals surface area contributed by atoms with Crippen molar-refractivity contribution in [3.05, 3.63) is 41.0 Å². The van der Waals surface area contributed by atoms with Crippen LogP contribution in [0.4, 0.5) is 0 Å². The van der Waals surface area contributed by atoms with Crippen molar-refractivity contribution in [1.29, 1.82) is 0 Å². The maximum Gasteiger partial charge on any atom is 0.246 e. The molecule has 40 heavy (non-hydrogen) atoms. The number of ether oxygens (including phenoxy) is 2. The predicted molar refractivity (Wildman–Crippen MR) is 152 cm³/mol. The van der Waals surface area contributed by atoms with E-state index < -0.39 is 35.4 Å². The number of aliphatic hydroxyl groups excluding tert-OH is 1. The number of β-amino-alcohol motifs (C(OH)–C–C–N with tert-alkyl or cyclic N) is 1. The molecule has 2 heterocycles.